The van der Waals surface area contributed by atoms with Crippen LogP contribution in [0.3, 0.4) is 0 Å². The fourth-order valence-electron chi connectivity index (χ4n) is 2.27. The van der Waals surface area contributed by atoms with E-state index in [2.05, 4.69) is 0 Å². The number of hydrogen-bond acceptors (Lipinski definition) is 3. The first kappa shape index (κ1) is 13.2. The lowest BCUT2D eigenvalue weighted by Gasteiger charge is -2.27. The van der Waals surface area contributed by atoms with Gasteiger partial charge in [-0.2, -0.15) is 0 Å². The SMILES string of the molecule is NC(=O)c1cc(Cl)ccc1OC1CCCC(N)C1. The standard InChI is InChI=1S/C13H17ClN2O2/c14-8-4-5-12(11(6-8)13(16)17)18-10-3-1-2-9(15)7-10/h4-6,9-10H,1-3,7,15H2,(H2,16,17). The Morgan fingerprint density at radius 1 is 1.39 bits per heavy atom. The summed E-state index contributed by atoms with van der Waals surface area (Å²) in [6, 6.07) is 5.07. The number of benzene rings is 1. The first-order valence-corrected chi connectivity index (χ1v) is 6.45. The monoisotopic (exact) mass is 268 g/mol. The van der Waals surface area contributed by atoms with Crippen LogP contribution in [0.25, 0.3) is 0 Å². The minimum absolute atomic E-state index is 0.0491. The average molecular weight is 269 g/mol. The Labute approximate surface area is 111 Å². The minimum atomic E-state index is -0.535. The van der Waals surface area contributed by atoms with E-state index in [1.807, 2.05) is 0 Å². The van der Waals surface area contributed by atoms with Crippen LogP contribution in [0.5, 0.6) is 5.75 Å². The summed E-state index contributed by atoms with van der Waals surface area (Å²) in [6.07, 6.45) is 3.89. The van der Waals surface area contributed by atoms with Crippen molar-refractivity contribution in [2.45, 2.75) is 37.8 Å². The summed E-state index contributed by atoms with van der Waals surface area (Å²) >= 11 is 5.84. The van der Waals surface area contributed by atoms with Gasteiger partial charge >= 0.3 is 0 Å². The number of carbonyl (C=O) groups is 1. The summed E-state index contributed by atoms with van der Waals surface area (Å²) in [4.78, 5) is 11.3. The van der Waals surface area contributed by atoms with Gasteiger partial charge in [0, 0.05) is 11.1 Å². The van der Waals surface area contributed by atoms with Crippen LogP contribution < -0.4 is 16.2 Å². The molecule has 4 nitrogen and oxygen atoms in total. The Hall–Kier alpha value is -1.26. The van der Waals surface area contributed by atoms with Gasteiger partial charge in [0.15, 0.2) is 0 Å². The molecule has 2 atom stereocenters. The minimum Gasteiger partial charge on any atom is -0.490 e. The molecule has 0 aromatic heterocycles. The van der Waals surface area contributed by atoms with E-state index in [0.717, 1.165) is 25.7 Å². The zero-order chi connectivity index (χ0) is 13.1. The van der Waals surface area contributed by atoms with Gasteiger partial charge in [-0.15, -0.1) is 0 Å². The normalized spacial score (nSPS) is 23.7. The Morgan fingerprint density at radius 3 is 2.83 bits per heavy atom. The molecule has 1 aromatic carbocycles. The van der Waals surface area contributed by atoms with Crippen LogP contribution in [-0.2, 0) is 0 Å². The molecule has 1 amide bonds. The Kier molecular flexibility index (Phi) is 4.09. The number of hydrogen-bond donors (Lipinski definition) is 2. The van der Waals surface area contributed by atoms with Gasteiger partial charge in [0.05, 0.1) is 5.56 Å². The number of carbonyl (C=O) groups excluding carboxylic acids is 1. The topological polar surface area (TPSA) is 78.3 Å². The van der Waals surface area contributed by atoms with E-state index in [1.165, 1.54) is 6.07 Å². The second-order valence-corrected chi connectivity index (χ2v) is 5.11. The summed E-state index contributed by atoms with van der Waals surface area (Å²) in [7, 11) is 0. The lowest BCUT2D eigenvalue weighted by molar-refractivity contribution is 0.0986. The van der Waals surface area contributed by atoms with Crippen molar-refractivity contribution in [1.82, 2.24) is 0 Å². The largest absolute Gasteiger partial charge is 0.490 e. The molecule has 0 aliphatic heterocycles. The highest BCUT2D eigenvalue weighted by atomic mass is 35.5. The number of ether oxygens (including phenoxy) is 1. The van der Waals surface area contributed by atoms with Crippen LogP contribution >= 0.6 is 11.6 Å². The zero-order valence-corrected chi connectivity index (χ0v) is 10.8. The van der Waals surface area contributed by atoms with Crippen LogP contribution in [0.1, 0.15) is 36.0 Å². The quantitative estimate of drug-likeness (QED) is 0.881. The van der Waals surface area contributed by atoms with Crippen LogP contribution in [-0.4, -0.2) is 18.1 Å². The smallest absolute Gasteiger partial charge is 0.252 e. The summed E-state index contributed by atoms with van der Waals surface area (Å²) < 4.78 is 5.83. The molecule has 0 saturated heterocycles. The van der Waals surface area contributed by atoms with Gasteiger partial charge < -0.3 is 16.2 Å². The van der Waals surface area contributed by atoms with Gasteiger partial charge in [0.2, 0.25) is 0 Å². The van der Waals surface area contributed by atoms with Crippen molar-refractivity contribution >= 4 is 17.5 Å². The first-order valence-electron chi connectivity index (χ1n) is 6.08. The molecular formula is C13H17ClN2O2. The number of nitrogens with two attached hydrogens (primary N) is 2. The van der Waals surface area contributed by atoms with Crippen molar-refractivity contribution in [2.24, 2.45) is 11.5 Å². The molecular weight excluding hydrogens is 252 g/mol. The molecule has 0 heterocycles. The highest BCUT2D eigenvalue weighted by molar-refractivity contribution is 6.31. The van der Waals surface area contributed by atoms with Crippen LogP contribution in [0, 0.1) is 0 Å². The zero-order valence-electron chi connectivity index (χ0n) is 10.1. The van der Waals surface area contributed by atoms with Gasteiger partial charge in [-0.05, 0) is 43.9 Å². The average Bonchev–Trinajstić information content (AvgIpc) is 2.31. The number of rotatable bonds is 3. The molecule has 4 N–H and O–H groups in total. The van der Waals surface area contributed by atoms with E-state index in [-0.39, 0.29) is 12.1 Å². The molecule has 1 aliphatic rings. The first-order chi connectivity index (χ1) is 8.56. The van der Waals surface area contributed by atoms with E-state index in [0.29, 0.717) is 16.3 Å². The van der Waals surface area contributed by atoms with E-state index < -0.39 is 5.91 Å². The number of amides is 1. The molecule has 1 aliphatic carbocycles. The molecule has 0 radical (unpaired) electrons. The molecule has 5 heteroatoms. The van der Waals surface area contributed by atoms with Gasteiger partial charge in [0.25, 0.3) is 5.91 Å². The lowest BCUT2D eigenvalue weighted by Crippen LogP contribution is -2.34. The maximum atomic E-state index is 11.3. The fourth-order valence-corrected chi connectivity index (χ4v) is 2.44. The van der Waals surface area contributed by atoms with Crippen LogP contribution in [0.2, 0.25) is 5.02 Å². The Morgan fingerprint density at radius 2 is 2.17 bits per heavy atom. The van der Waals surface area contributed by atoms with Crippen molar-refractivity contribution < 1.29 is 9.53 Å². The molecule has 18 heavy (non-hydrogen) atoms. The van der Waals surface area contributed by atoms with Crippen molar-refractivity contribution in [2.75, 3.05) is 0 Å². The molecule has 2 unspecified atom stereocenters. The predicted molar refractivity (Wildman–Crippen MR) is 70.8 cm³/mol. The third-order valence-electron chi connectivity index (χ3n) is 3.17. The fraction of sp³-hybridized carbons (Fsp3) is 0.462. The highest BCUT2D eigenvalue weighted by Gasteiger charge is 2.22. The van der Waals surface area contributed by atoms with Gasteiger partial charge in [-0.25, -0.2) is 0 Å². The molecule has 1 saturated carbocycles. The van der Waals surface area contributed by atoms with Gasteiger partial charge in [-0.3, -0.25) is 4.79 Å². The molecule has 1 fully saturated rings. The molecule has 2 rings (SSSR count). The maximum absolute atomic E-state index is 11.3. The Bertz CT molecular complexity index is 451. The second-order valence-electron chi connectivity index (χ2n) is 4.67. The summed E-state index contributed by atoms with van der Waals surface area (Å²) in [5.74, 6) is -0.0430. The molecule has 98 valence electrons. The second kappa shape index (κ2) is 5.59. The van der Waals surface area contributed by atoms with Crippen molar-refractivity contribution in [3.63, 3.8) is 0 Å². The summed E-state index contributed by atoms with van der Waals surface area (Å²) in [5.41, 5.74) is 11.5. The Balaban J connectivity index is 2.15. The molecule has 1 aromatic rings. The third kappa shape index (κ3) is 3.15. The third-order valence-corrected chi connectivity index (χ3v) is 3.40. The molecule has 0 spiro atoms. The molecule has 0 bridgehead atoms. The van der Waals surface area contributed by atoms with E-state index in [9.17, 15) is 4.79 Å². The maximum Gasteiger partial charge on any atom is 0.252 e. The highest BCUT2D eigenvalue weighted by Crippen LogP contribution is 2.27. The summed E-state index contributed by atoms with van der Waals surface area (Å²) in [5, 5.41) is 0.469. The van der Waals surface area contributed by atoms with E-state index in [1.54, 1.807) is 12.1 Å². The predicted octanol–water partition coefficient (Wildman–Crippen LogP) is 2.09. The van der Waals surface area contributed by atoms with Crippen LogP contribution in [0.15, 0.2) is 18.2 Å². The summed E-state index contributed by atoms with van der Waals surface area (Å²) in [6.45, 7) is 0. The van der Waals surface area contributed by atoms with Crippen LogP contribution in [0.4, 0.5) is 0 Å². The van der Waals surface area contributed by atoms with Crippen molar-refractivity contribution in [1.29, 1.82) is 0 Å². The van der Waals surface area contributed by atoms with Gasteiger partial charge in [0.1, 0.15) is 11.9 Å². The number of halogens is 1. The number of primary amides is 1. The van der Waals surface area contributed by atoms with E-state index >= 15 is 0 Å². The van der Waals surface area contributed by atoms with Crippen molar-refractivity contribution in [3.8, 4) is 5.75 Å². The van der Waals surface area contributed by atoms with Gasteiger partial charge in [-0.1, -0.05) is 11.6 Å². The van der Waals surface area contributed by atoms with Crippen molar-refractivity contribution in [3.05, 3.63) is 28.8 Å². The van der Waals surface area contributed by atoms with E-state index in [4.69, 9.17) is 27.8 Å². The lowest BCUT2D eigenvalue weighted by atomic mass is 9.93.